The first-order valence-electron chi connectivity index (χ1n) is 5.38. The van der Waals surface area contributed by atoms with Crippen LogP contribution in [0.1, 0.15) is 23.2 Å². The standard InChI is InChI=1S/C12H15ClN2O/c1-15(7-8-2-3-8)12(16)10-5-4-9(13)6-11(10)14/h4-6,8H,2-3,7,14H2,1H3. The van der Waals surface area contributed by atoms with Gasteiger partial charge in [0.2, 0.25) is 0 Å². The summed E-state index contributed by atoms with van der Waals surface area (Å²) in [7, 11) is 1.81. The molecule has 4 heteroatoms. The molecule has 1 saturated carbocycles. The Kier molecular flexibility index (Phi) is 3.06. The highest BCUT2D eigenvalue weighted by atomic mass is 35.5. The first-order valence-corrected chi connectivity index (χ1v) is 5.76. The maximum atomic E-state index is 12.0. The summed E-state index contributed by atoms with van der Waals surface area (Å²) in [6.45, 7) is 0.820. The number of nitrogens with zero attached hydrogens (tertiary/aromatic N) is 1. The molecule has 1 aromatic rings. The Morgan fingerprint density at radius 2 is 2.25 bits per heavy atom. The molecule has 0 atom stereocenters. The molecule has 0 aromatic heterocycles. The highest BCUT2D eigenvalue weighted by Crippen LogP contribution is 2.30. The Hall–Kier alpha value is -1.22. The molecule has 0 aliphatic heterocycles. The number of hydrogen-bond donors (Lipinski definition) is 1. The Bertz CT molecular complexity index is 415. The van der Waals surface area contributed by atoms with Crippen LogP contribution in [0.2, 0.25) is 5.02 Å². The van der Waals surface area contributed by atoms with Crippen LogP contribution in [-0.4, -0.2) is 24.4 Å². The summed E-state index contributed by atoms with van der Waals surface area (Å²) >= 11 is 5.79. The van der Waals surface area contributed by atoms with E-state index in [9.17, 15) is 4.79 Å². The fraction of sp³-hybridized carbons (Fsp3) is 0.417. The molecule has 0 bridgehead atoms. The van der Waals surface area contributed by atoms with Crippen molar-refractivity contribution in [3.63, 3.8) is 0 Å². The smallest absolute Gasteiger partial charge is 0.255 e. The lowest BCUT2D eigenvalue weighted by atomic mass is 10.1. The van der Waals surface area contributed by atoms with Crippen LogP contribution in [0.25, 0.3) is 0 Å². The Morgan fingerprint density at radius 3 is 2.81 bits per heavy atom. The van der Waals surface area contributed by atoms with Crippen LogP contribution in [-0.2, 0) is 0 Å². The van der Waals surface area contributed by atoms with Gasteiger partial charge in [-0.2, -0.15) is 0 Å². The minimum absolute atomic E-state index is 0.0268. The van der Waals surface area contributed by atoms with E-state index in [-0.39, 0.29) is 5.91 Å². The van der Waals surface area contributed by atoms with Crippen molar-refractivity contribution in [3.8, 4) is 0 Å². The molecule has 1 amide bonds. The zero-order valence-corrected chi connectivity index (χ0v) is 10.00. The van der Waals surface area contributed by atoms with Gasteiger partial charge in [-0.25, -0.2) is 0 Å². The van der Waals surface area contributed by atoms with Crippen molar-refractivity contribution < 1.29 is 4.79 Å². The first kappa shape index (κ1) is 11.3. The van der Waals surface area contributed by atoms with E-state index in [4.69, 9.17) is 17.3 Å². The third-order valence-electron chi connectivity index (χ3n) is 2.82. The molecule has 0 spiro atoms. The number of rotatable bonds is 3. The number of benzene rings is 1. The van der Waals surface area contributed by atoms with Crippen molar-refractivity contribution in [1.82, 2.24) is 4.90 Å². The summed E-state index contributed by atoms with van der Waals surface area (Å²) in [5, 5.41) is 0.555. The molecule has 1 aliphatic rings. The van der Waals surface area contributed by atoms with Gasteiger partial charge in [0.25, 0.3) is 5.91 Å². The summed E-state index contributed by atoms with van der Waals surface area (Å²) in [6, 6.07) is 4.99. The van der Waals surface area contributed by atoms with E-state index < -0.39 is 0 Å². The van der Waals surface area contributed by atoms with Gasteiger partial charge >= 0.3 is 0 Å². The van der Waals surface area contributed by atoms with Crippen LogP contribution >= 0.6 is 11.6 Å². The van der Waals surface area contributed by atoms with Crippen molar-refractivity contribution in [2.75, 3.05) is 19.3 Å². The molecule has 1 fully saturated rings. The second-order valence-corrected chi connectivity index (χ2v) is 4.80. The van der Waals surface area contributed by atoms with Gasteiger partial charge in [-0.1, -0.05) is 11.6 Å². The predicted molar refractivity (Wildman–Crippen MR) is 65.5 cm³/mol. The molecule has 1 aromatic carbocycles. The fourth-order valence-corrected chi connectivity index (χ4v) is 1.89. The maximum Gasteiger partial charge on any atom is 0.255 e. The third kappa shape index (κ3) is 2.47. The zero-order valence-electron chi connectivity index (χ0n) is 9.24. The van der Waals surface area contributed by atoms with Gasteiger partial charge in [-0.05, 0) is 37.0 Å². The Morgan fingerprint density at radius 1 is 1.56 bits per heavy atom. The topological polar surface area (TPSA) is 46.3 Å². The van der Waals surface area contributed by atoms with E-state index >= 15 is 0 Å². The average molecular weight is 239 g/mol. The van der Waals surface area contributed by atoms with E-state index in [2.05, 4.69) is 0 Å². The molecule has 86 valence electrons. The highest BCUT2D eigenvalue weighted by Gasteiger charge is 2.25. The van der Waals surface area contributed by atoms with E-state index in [1.54, 1.807) is 23.1 Å². The van der Waals surface area contributed by atoms with Crippen LogP contribution in [0, 0.1) is 5.92 Å². The number of carbonyl (C=O) groups is 1. The van der Waals surface area contributed by atoms with Crippen molar-refractivity contribution >= 4 is 23.2 Å². The molecule has 0 saturated heterocycles. The Balaban J connectivity index is 2.12. The van der Waals surface area contributed by atoms with Gasteiger partial charge < -0.3 is 10.6 Å². The number of carbonyl (C=O) groups excluding carboxylic acids is 1. The molecule has 16 heavy (non-hydrogen) atoms. The quantitative estimate of drug-likeness (QED) is 0.822. The van der Waals surface area contributed by atoms with Crippen LogP contribution in [0.4, 0.5) is 5.69 Å². The molecule has 0 heterocycles. The largest absolute Gasteiger partial charge is 0.398 e. The van der Waals surface area contributed by atoms with Crippen molar-refractivity contribution in [1.29, 1.82) is 0 Å². The molecule has 3 nitrogen and oxygen atoms in total. The Labute approximate surface area is 100 Å². The summed E-state index contributed by atoms with van der Waals surface area (Å²) in [5.74, 6) is 0.656. The van der Waals surface area contributed by atoms with Gasteiger partial charge in [0.15, 0.2) is 0 Å². The molecule has 2 rings (SSSR count). The van der Waals surface area contributed by atoms with Gasteiger partial charge in [-0.15, -0.1) is 0 Å². The summed E-state index contributed by atoms with van der Waals surface area (Å²) in [4.78, 5) is 13.8. The van der Waals surface area contributed by atoms with E-state index in [1.807, 2.05) is 7.05 Å². The summed E-state index contributed by atoms with van der Waals surface area (Å²) in [6.07, 6.45) is 2.46. The number of anilines is 1. The molecule has 1 aliphatic carbocycles. The van der Waals surface area contributed by atoms with Crippen LogP contribution in [0.15, 0.2) is 18.2 Å². The fourth-order valence-electron chi connectivity index (χ4n) is 1.70. The number of nitrogen functional groups attached to an aromatic ring is 1. The van der Waals surface area contributed by atoms with Crippen molar-refractivity contribution in [2.45, 2.75) is 12.8 Å². The van der Waals surface area contributed by atoms with Gasteiger partial charge in [0.05, 0.1) is 5.56 Å². The van der Waals surface area contributed by atoms with Crippen molar-refractivity contribution in [2.24, 2.45) is 5.92 Å². The summed E-state index contributed by atoms with van der Waals surface area (Å²) in [5.41, 5.74) is 6.75. The van der Waals surface area contributed by atoms with Gasteiger partial charge in [0.1, 0.15) is 0 Å². The lowest BCUT2D eigenvalue weighted by Crippen LogP contribution is -2.29. The molecular formula is C12H15ClN2O. The molecule has 0 radical (unpaired) electrons. The summed E-state index contributed by atoms with van der Waals surface area (Å²) < 4.78 is 0. The molecule has 2 N–H and O–H groups in total. The minimum Gasteiger partial charge on any atom is -0.398 e. The molecular weight excluding hydrogens is 224 g/mol. The van der Waals surface area contributed by atoms with E-state index in [0.717, 1.165) is 6.54 Å². The zero-order chi connectivity index (χ0) is 11.7. The molecule has 0 unspecified atom stereocenters. The van der Waals surface area contributed by atoms with Crippen LogP contribution < -0.4 is 5.73 Å². The predicted octanol–water partition coefficient (Wildman–Crippen LogP) is 2.40. The monoisotopic (exact) mass is 238 g/mol. The van der Waals surface area contributed by atoms with E-state index in [0.29, 0.717) is 22.2 Å². The average Bonchev–Trinajstić information content (AvgIpc) is 3.00. The first-order chi connectivity index (χ1) is 7.58. The second kappa shape index (κ2) is 4.34. The van der Waals surface area contributed by atoms with E-state index in [1.165, 1.54) is 12.8 Å². The lowest BCUT2D eigenvalue weighted by Gasteiger charge is -2.17. The minimum atomic E-state index is -0.0268. The maximum absolute atomic E-state index is 12.0. The number of halogens is 1. The normalized spacial score (nSPS) is 14.9. The van der Waals surface area contributed by atoms with Gasteiger partial charge in [0, 0.05) is 24.3 Å². The van der Waals surface area contributed by atoms with Crippen LogP contribution in [0.3, 0.4) is 0 Å². The third-order valence-corrected chi connectivity index (χ3v) is 3.05. The number of amides is 1. The van der Waals surface area contributed by atoms with Crippen molar-refractivity contribution in [3.05, 3.63) is 28.8 Å². The van der Waals surface area contributed by atoms with Crippen LogP contribution in [0.5, 0.6) is 0 Å². The number of nitrogens with two attached hydrogens (primary N) is 1. The second-order valence-electron chi connectivity index (χ2n) is 4.36. The SMILES string of the molecule is CN(CC1CC1)C(=O)c1ccc(Cl)cc1N. The highest BCUT2D eigenvalue weighted by molar-refractivity contribution is 6.31. The lowest BCUT2D eigenvalue weighted by molar-refractivity contribution is 0.0790. The number of hydrogen-bond acceptors (Lipinski definition) is 2. The van der Waals surface area contributed by atoms with Gasteiger partial charge in [-0.3, -0.25) is 4.79 Å².